The maximum Gasteiger partial charge on any atom is 0.217 e. The van der Waals surface area contributed by atoms with Gasteiger partial charge in [0.1, 0.15) is 140 Å². The Morgan fingerprint density at radius 2 is 1.08 bits per heavy atom. The van der Waals surface area contributed by atoms with Gasteiger partial charge in [0, 0.05) is 19.7 Å². The van der Waals surface area contributed by atoms with E-state index in [0.717, 1.165) is 6.92 Å². The number of pyridine rings is 1. The predicted molar refractivity (Wildman–Crippen MR) is 237 cm³/mol. The molecule has 432 valence electrons. The lowest BCUT2D eigenvalue weighted by molar-refractivity contribution is -0.405. The van der Waals surface area contributed by atoms with Gasteiger partial charge >= 0.3 is 0 Å². The summed E-state index contributed by atoms with van der Waals surface area (Å²) >= 11 is 0. The first kappa shape index (κ1) is 61.5. The van der Waals surface area contributed by atoms with Crippen LogP contribution in [0.3, 0.4) is 0 Å². The molecule has 1 aromatic rings. The minimum Gasteiger partial charge on any atom is -0.394 e. The average Bonchev–Trinajstić information content (AvgIpc) is 3.40. The van der Waals surface area contributed by atoms with Crippen molar-refractivity contribution in [3.8, 4) is 0 Å². The van der Waals surface area contributed by atoms with E-state index >= 15 is 0 Å². The quantitative estimate of drug-likeness (QED) is 0.0513. The summed E-state index contributed by atoms with van der Waals surface area (Å²) in [7, 11) is 0. The molecule has 0 spiro atoms. The Kier molecular flexibility index (Phi) is 22.5. The number of amides is 1. The number of carbonyl (C=O) groups is 1. The van der Waals surface area contributed by atoms with Crippen LogP contribution < -0.4 is 10.6 Å². The van der Waals surface area contributed by atoms with E-state index in [1.807, 2.05) is 0 Å². The second-order valence-electron chi connectivity index (χ2n) is 18.7. The van der Waals surface area contributed by atoms with E-state index in [-0.39, 0.29) is 12.4 Å². The lowest BCUT2D eigenvalue weighted by Crippen LogP contribution is -2.70. The summed E-state index contributed by atoms with van der Waals surface area (Å²) < 4.78 is 58.3. The largest absolute Gasteiger partial charge is 0.394 e. The fourth-order valence-corrected chi connectivity index (χ4v) is 9.12. The third-order valence-corrected chi connectivity index (χ3v) is 13.4. The molecular weight excluding hydrogens is 1020 g/mol. The molecule has 75 heavy (non-hydrogen) atoms. The third-order valence-electron chi connectivity index (χ3n) is 13.4. The van der Waals surface area contributed by atoms with E-state index in [1.165, 1.54) is 13.1 Å². The van der Waals surface area contributed by atoms with Crippen molar-refractivity contribution in [3.05, 3.63) is 24.4 Å². The molecule has 0 aliphatic carbocycles. The minimum absolute atomic E-state index is 0.289. The zero-order chi connectivity index (χ0) is 55.2. The van der Waals surface area contributed by atoms with Gasteiger partial charge in [-0.2, -0.15) is 0 Å². The van der Waals surface area contributed by atoms with Crippen molar-refractivity contribution >= 4 is 11.7 Å². The minimum atomic E-state index is -2.21. The number of anilines is 1. The van der Waals surface area contributed by atoms with Crippen molar-refractivity contribution in [3.63, 3.8) is 0 Å². The molecule has 1 aromatic heterocycles. The van der Waals surface area contributed by atoms with Crippen molar-refractivity contribution in [1.82, 2.24) is 10.3 Å². The third kappa shape index (κ3) is 14.0. The van der Waals surface area contributed by atoms with Crippen molar-refractivity contribution in [2.75, 3.05) is 44.9 Å². The zero-order valence-electron chi connectivity index (χ0n) is 40.3. The Morgan fingerprint density at radius 1 is 0.560 bits per heavy atom. The molecule has 0 unspecified atom stereocenters. The van der Waals surface area contributed by atoms with Crippen LogP contribution in [0, 0.1) is 0 Å². The molecule has 29 atom stereocenters. The number of nitrogens with zero attached hydrogens (tertiary/aromatic N) is 1. The Bertz CT molecular complexity index is 1880. The second-order valence-corrected chi connectivity index (χ2v) is 18.7. The lowest BCUT2D eigenvalue weighted by atomic mass is 9.94. The Labute approximate surface area is 426 Å². The van der Waals surface area contributed by atoms with Crippen molar-refractivity contribution < 1.29 is 144 Å². The summed E-state index contributed by atoms with van der Waals surface area (Å²) in [6.45, 7) is -3.24. The summed E-state index contributed by atoms with van der Waals surface area (Å²) in [6.07, 6.45) is -52.6. The van der Waals surface area contributed by atoms with Gasteiger partial charge in [0.25, 0.3) is 0 Å². The summed E-state index contributed by atoms with van der Waals surface area (Å²) in [5.74, 6) is -0.590. The molecule has 20 N–H and O–H groups in total. The summed E-state index contributed by atoms with van der Waals surface area (Å²) in [5.41, 5.74) is 0. The molecule has 0 radical (unpaired) electrons. The molecule has 5 aliphatic heterocycles. The lowest BCUT2D eigenvalue weighted by Gasteiger charge is -2.51. The van der Waals surface area contributed by atoms with Gasteiger partial charge in [-0.3, -0.25) is 4.79 Å². The SMILES string of the molecule is CC(=O)N[C@H]1[C@H](O[C@H]2[C@@H](O)[C@@H](CO)O[C@@H](O[C@@H]([C@H](O)[C@@H](O)CNc3ccccn3)[C@H](O)CO)[C@@H]2O)O[C@H](CO)[C@@H](O[C@@H]2O[C@H](CO)[C@H](O)[C@H](O[C@H]3O[C@H](CO)[C@H](O)[C@H](O)[C@H]3O)[C@H]2O[C@@H]2O[C@@H](C)[C@@H](O)[C@@H](O)[C@@H]2O)[C@@H]1O. The molecule has 32 heteroatoms. The molecule has 1 amide bonds. The fraction of sp³-hybridized carbons (Fsp3) is 0.860. The molecule has 0 aromatic carbocycles. The van der Waals surface area contributed by atoms with Gasteiger partial charge in [-0.15, -0.1) is 0 Å². The van der Waals surface area contributed by atoms with Gasteiger partial charge in [-0.1, -0.05) is 6.07 Å². The number of hydrogen-bond donors (Lipinski definition) is 20. The standard InChI is InChI=1S/C43H71N3O29/c1-13-23(55)29(61)31(63)40(66-13)75-38-37(74-41-32(64)30(62)25(57)17(9-48)67-41)27(59)19(11-50)69-43(38)72-35-20(12-51)70-39(22(28(35)60)46-14(2)52)73-36-26(58)18(10-49)68-42(33(36)65)71-34(16(54)8-47)24(56)15(53)7-45-21-5-3-4-6-44-21/h3-6,13,15-20,22-43,47-51,53-65H,7-12H2,1-2H3,(H,44,45)(H,46,52)/t13-,15-,16+,17+,18+,19+,20+,22+,23+,24+,25-,26-,27-,28+,29+,30-,31-,32+,33+,34+,35+,36-,37-,38+,39-,40-,41+,42-,43-/m0/s1. The maximum absolute atomic E-state index is 12.8. The number of rotatable bonds is 22. The van der Waals surface area contributed by atoms with Crippen LogP contribution in [0.25, 0.3) is 0 Å². The second kappa shape index (κ2) is 27.4. The number of aliphatic hydroxyl groups excluding tert-OH is 18. The van der Waals surface area contributed by atoms with Gasteiger partial charge < -0.3 is 150 Å². The van der Waals surface area contributed by atoms with Crippen molar-refractivity contribution in [2.24, 2.45) is 0 Å². The first-order valence-electron chi connectivity index (χ1n) is 24.0. The molecule has 5 fully saturated rings. The molecule has 6 rings (SSSR count). The summed E-state index contributed by atoms with van der Waals surface area (Å²) in [5, 5.41) is 199. The smallest absolute Gasteiger partial charge is 0.217 e. The Morgan fingerprint density at radius 3 is 1.67 bits per heavy atom. The van der Waals surface area contributed by atoms with E-state index in [1.54, 1.807) is 18.2 Å². The predicted octanol–water partition coefficient (Wildman–Crippen LogP) is -11.8. The summed E-state index contributed by atoms with van der Waals surface area (Å²) in [4.78, 5) is 16.8. The molecule has 0 saturated carbocycles. The van der Waals surface area contributed by atoms with Crippen LogP contribution in [0.5, 0.6) is 0 Å². The van der Waals surface area contributed by atoms with Gasteiger partial charge in [0.2, 0.25) is 5.91 Å². The van der Waals surface area contributed by atoms with Gasteiger partial charge in [0.15, 0.2) is 31.5 Å². The maximum atomic E-state index is 12.8. The monoisotopic (exact) mass is 1090 g/mol. The van der Waals surface area contributed by atoms with Gasteiger partial charge in [-0.05, 0) is 19.1 Å². The Hall–Kier alpha value is -2.70. The van der Waals surface area contributed by atoms with Crippen LogP contribution >= 0.6 is 0 Å². The van der Waals surface area contributed by atoms with E-state index in [9.17, 15) is 96.7 Å². The van der Waals surface area contributed by atoms with E-state index in [0.29, 0.717) is 0 Å². The molecule has 5 saturated heterocycles. The normalized spacial score (nSPS) is 44.3. The first-order valence-corrected chi connectivity index (χ1v) is 24.0. The van der Waals surface area contributed by atoms with Gasteiger partial charge in [-0.25, -0.2) is 4.98 Å². The highest BCUT2D eigenvalue weighted by Gasteiger charge is 2.58. The Balaban J connectivity index is 1.28. The van der Waals surface area contributed by atoms with Crippen LogP contribution in [0.2, 0.25) is 0 Å². The van der Waals surface area contributed by atoms with Crippen LogP contribution in [0.15, 0.2) is 24.4 Å². The van der Waals surface area contributed by atoms with Gasteiger partial charge in [0.05, 0.1) is 45.2 Å². The fourth-order valence-electron chi connectivity index (χ4n) is 9.12. The number of hydrogen-bond acceptors (Lipinski definition) is 31. The number of carbonyl (C=O) groups excluding carboxylic acids is 1. The zero-order valence-corrected chi connectivity index (χ0v) is 40.3. The van der Waals surface area contributed by atoms with E-state index in [4.69, 9.17) is 47.4 Å². The first-order chi connectivity index (χ1) is 35.6. The molecule has 0 bridgehead atoms. The van der Waals surface area contributed by atoms with Crippen molar-refractivity contribution in [2.45, 2.75) is 192 Å². The molecular formula is C43H71N3O29. The number of aromatic nitrogens is 1. The summed E-state index contributed by atoms with van der Waals surface area (Å²) in [6, 6.07) is 2.96. The van der Waals surface area contributed by atoms with E-state index < -0.39 is 217 Å². The number of ether oxygens (including phenoxy) is 10. The highest BCUT2D eigenvalue weighted by molar-refractivity contribution is 5.73. The molecule has 32 nitrogen and oxygen atoms in total. The molecule has 5 aliphatic rings. The average molecular weight is 1090 g/mol. The number of aliphatic hydroxyl groups is 18. The number of nitrogens with one attached hydrogen (secondary N) is 2. The highest BCUT2D eigenvalue weighted by atomic mass is 16.8. The van der Waals surface area contributed by atoms with Crippen molar-refractivity contribution in [1.29, 1.82) is 0 Å². The van der Waals surface area contributed by atoms with Crippen LogP contribution in [0.1, 0.15) is 13.8 Å². The van der Waals surface area contributed by atoms with Crippen LogP contribution in [-0.4, -0.2) is 320 Å². The van der Waals surface area contributed by atoms with E-state index in [2.05, 4.69) is 15.6 Å². The van der Waals surface area contributed by atoms with Crippen LogP contribution in [-0.2, 0) is 52.2 Å². The van der Waals surface area contributed by atoms with Crippen LogP contribution in [0.4, 0.5) is 5.82 Å². The molecule has 6 heterocycles. The highest BCUT2D eigenvalue weighted by Crippen LogP contribution is 2.37. The topological polar surface area (TPSA) is 510 Å².